The van der Waals surface area contributed by atoms with Gasteiger partial charge in [-0.05, 0) is 23.8 Å². The van der Waals surface area contributed by atoms with Crippen molar-refractivity contribution in [1.82, 2.24) is 0 Å². The van der Waals surface area contributed by atoms with Gasteiger partial charge in [0, 0.05) is 12.3 Å². The molecule has 0 aliphatic carbocycles. The van der Waals surface area contributed by atoms with Gasteiger partial charge in [0.25, 0.3) is 0 Å². The number of rotatable bonds is 3. The van der Waals surface area contributed by atoms with Gasteiger partial charge in [0.05, 0.1) is 0 Å². The van der Waals surface area contributed by atoms with E-state index in [9.17, 15) is 5.11 Å². The summed E-state index contributed by atoms with van der Waals surface area (Å²) in [5.41, 5.74) is 0.789. The highest BCUT2D eigenvalue weighted by Crippen LogP contribution is 2.09. The Labute approximate surface area is 101 Å². The highest BCUT2D eigenvalue weighted by Gasteiger charge is 1.99. The van der Waals surface area contributed by atoms with Crippen molar-refractivity contribution in [2.45, 2.75) is 18.9 Å². The smallest absolute Gasteiger partial charge is 0.141 e. The highest BCUT2D eigenvalue weighted by atomic mass is 35.5. The zero-order valence-electron chi connectivity index (χ0n) is 8.91. The number of halogens is 1. The standard InChI is InChI=1S/C14H13ClO/c15-12-8-3-1-2-7-11-14(16)13-9-5-4-6-10-13/h4-6,9-10,14,16H,3,8,12H2/t14-/m0/s1. The van der Waals surface area contributed by atoms with Crippen molar-refractivity contribution in [1.29, 1.82) is 0 Å². The molecule has 2 heteroatoms. The number of aliphatic hydroxyl groups is 1. The fourth-order valence-corrected chi connectivity index (χ4v) is 1.22. The molecule has 1 N–H and O–H groups in total. The summed E-state index contributed by atoms with van der Waals surface area (Å²) in [6, 6.07) is 9.30. The van der Waals surface area contributed by atoms with E-state index < -0.39 is 6.10 Å². The molecule has 0 saturated carbocycles. The van der Waals surface area contributed by atoms with Crippen LogP contribution in [0.3, 0.4) is 0 Å². The predicted molar refractivity (Wildman–Crippen MR) is 66.9 cm³/mol. The van der Waals surface area contributed by atoms with Crippen molar-refractivity contribution in [3.05, 3.63) is 35.9 Å². The lowest BCUT2D eigenvalue weighted by Crippen LogP contribution is -1.91. The molecule has 1 rings (SSSR count). The average molecular weight is 233 g/mol. The second-order valence-electron chi connectivity index (χ2n) is 3.18. The van der Waals surface area contributed by atoms with Crippen LogP contribution in [0.5, 0.6) is 0 Å². The van der Waals surface area contributed by atoms with E-state index in [-0.39, 0.29) is 0 Å². The average Bonchev–Trinajstić information content (AvgIpc) is 2.34. The molecule has 1 nitrogen and oxygen atoms in total. The van der Waals surface area contributed by atoms with Crippen LogP contribution in [-0.2, 0) is 0 Å². The molecule has 16 heavy (non-hydrogen) atoms. The van der Waals surface area contributed by atoms with Crippen molar-refractivity contribution in [3.8, 4) is 23.7 Å². The Morgan fingerprint density at radius 3 is 2.62 bits per heavy atom. The summed E-state index contributed by atoms with van der Waals surface area (Å²) in [5, 5.41) is 9.66. The third-order valence-corrected chi connectivity index (χ3v) is 2.18. The van der Waals surface area contributed by atoms with Crippen LogP contribution in [0.4, 0.5) is 0 Å². The molecule has 0 fully saturated rings. The van der Waals surface area contributed by atoms with Crippen LogP contribution in [0.1, 0.15) is 24.5 Å². The monoisotopic (exact) mass is 232 g/mol. The third kappa shape index (κ3) is 4.89. The molecule has 1 atom stereocenters. The van der Waals surface area contributed by atoms with Gasteiger partial charge < -0.3 is 5.11 Å². The summed E-state index contributed by atoms with van der Waals surface area (Å²) in [4.78, 5) is 0. The van der Waals surface area contributed by atoms with E-state index in [0.717, 1.165) is 18.4 Å². The SMILES string of the molecule is O[C@@H](C#CC#CCCCCl)c1ccccc1. The number of unbranched alkanes of at least 4 members (excludes halogenated alkanes) is 1. The maximum Gasteiger partial charge on any atom is 0.141 e. The van der Waals surface area contributed by atoms with Gasteiger partial charge in [-0.3, -0.25) is 0 Å². The van der Waals surface area contributed by atoms with Crippen molar-refractivity contribution in [2.75, 3.05) is 5.88 Å². The van der Waals surface area contributed by atoms with Gasteiger partial charge in [-0.2, -0.15) is 0 Å². The summed E-state index contributed by atoms with van der Waals surface area (Å²) in [5.74, 6) is 11.5. The molecule has 0 spiro atoms. The lowest BCUT2D eigenvalue weighted by molar-refractivity contribution is 0.238. The van der Waals surface area contributed by atoms with Gasteiger partial charge in [-0.25, -0.2) is 0 Å². The first-order chi connectivity index (χ1) is 7.84. The van der Waals surface area contributed by atoms with Crippen LogP contribution >= 0.6 is 11.6 Å². The molecule has 0 heterocycles. The van der Waals surface area contributed by atoms with Crippen LogP contribution in [0.15, 0.2) is 30.3 Å². The van der Waals surface area contributed by atoms with E-state index in [1.165, 1.54) is 0 Å². The first-order valence-electron chi connectivity index (χ1n) is 5.12. The zero-order chi connectivity index (χ0) is 11.6. The minimum Gasteiger partial charge on any atom is -0.376 e. The van der Waals surface area contributed by atoms with E-state index in [1.807, 2.05) is 30.3 Å². The molecule has 0 aliphatic heterocycles. The van der Waals surface area contributed by atoms with Gasteiger partial charge in [-0.15, -0.1) is 11.6 Å². The molecule has 0 unspecified atom stereocenters. The molecule has 1 aromatic rings. The summed E-state index contributed by atoms with van der Waals surface area (Å²) in [7, 11) is 0. The fourth-order valence-electron chi connectivity index (χ4n) is 1.09. The zero-order valence-corrected chi connectivity index (χ0v) is 9.67. The summed E-state index contributed by atoms with van der Waals surface area (Å²) in [6.45, 7) is 0. The maximum absolute atomic E-state index is 9.66. The van der Waals surface area contributed by atoms with E-state index in [2.05, 4.69) is 23.7 Å². The van der Waals surface area contributed by atoms with Crippen LogP contribution in [-0.4, -0.2) is 11.0 Å². The predicted octanol–water partition coefficient (Wildman–Crippen LogP) is 2.75. The van der Waals surface area contributed by atoms with E-state index in [4.69, 9.17) is 11.6 Å². The van der Waals surface area contributed by atoms with Crippen molar-refractivity contribution in [3.63, 3.8) is 0 Å². The second-order valence-corrected chi connectivity index (χ2v) is 3.55. The third-order valence-electron chi connectivity index (χ3n) is 1.91. The highest BCUT2D eigenvalue weighted by molar-refractivity contribution is 6.17. The van der Waals surface area contributed by atoms with E-state index in [0.29, 0.717) is 5.88 Å². The van der Waals surface area contributed by atoms with Crippen LogP contribution in [0.25, 0.3) is 0 Å². The van der Waals surface area contributed by atoms with Crippen LogP contribution in [0.2, 0.25) is 0 Å². The lowest BCUT2D eigenvalue weighted by Gasteiger charge is -2.00. The van der Waals surface area contributed by atoms with Gasteiger partial charge >= 0.3 is 0 Å². The molecule has 0 aliphatic rings. The molecule has 1 aromatic carbocycles. The summed E-state index contributed by atoms with van der Waals surface area (Å²) >= 11 is 5.50. The lowest BCUT2D eigenvalue weighted by atomic mass is 10.1. The van der Waals surface area contributed by atoms with Gasteiger partial charge in [0.15, 0.2) is 0 Å². The number of aliphatic hydroxyl groups excluding tert-OH is 1. The Morgan fingerprint density at radius 2 is 1.94 bits per heavy atom. The van der Waals surface area contributed by atoms with Crippen molar-refractivity contribution < 1.29 is 5.11 Å². The number of alkyl halides is 1. The number of hydrogen-bond acceptors (Lipinski definition) is 1. The number of hydrogen-bond donors (Lipinski definition) is 1. The molecular weight excluding hydrogens is 220 g/mol. The van der Waals surface area contributed by atoms with E-state index >= 15 is 0 Å². The van der Waals surface area contributed by atoms with Gasteiger partial charge in [0.2, 0.25) is 0 Å². The molecular formula is C14H13ClO. The van der Waals surface area contributed by atoms with E-state index in [1.54, 1.807) is 0 Å². The molecule has 0 amide bonds. The maximum atomic E-state index is 9.66. The Morgan fingerprint density at radius 1 is 1.19 bits per heavy atom. The Kier molecular flexibility index (Phi) is 6.19. The Balaban J connectivity index is 2.48. The summed E-state index contributed by atoms with van der Waals surface area (Å²) in [6.07, 6.45) is 0.861. The Hall–Kier alpha value is -1.41. The molecule has 0 saturated heterocycles. The van der Waals surface area contributed by atoms with Gasteiger partial charge in [-0.1, -0.05) is 42.2 Å². The van der Waals surface area contributed by atoms with Crippen LogP contribution < -0.4 is 0 Å². The van der Waals surface area contributed by atoms with Crippen LogP contribution in [0, 0.1) is 23.7 Å². The number of benzene rings is 1. The quantitative estimate of drug-likeness (QED) is 0.483. The second kappa shape index (κ2) is 7.83. The largest absolute Gasteiger partial charge is 0.376 e. The fraction of sp³-hybridized carbons (Fsp3) is 0.286. The minimum atomic E-state index is -0.761. The Bertz CT molecular complexity index is 417. The minimum absolute atomic E-state index is 0.620. The first kappa shape index (κ1) is 12.7. The normalized spacial score (nSPS) is 10.6. The molecule has 0 radical (unpaired) electrons. The summed E-state index contributed by atoms with van der Waals surface area (Å²) < 4.78 is 0. The van der Waals surface area contributed by atoms with Crippen molar-refractivity contribution >= 4 is 11.6 Å². The van der Waals surface area contributed by atoms with Crippen molar-refractivity contribution in [2.24, 2.45) is 0 Å². The molecule has 0 aromatic heterocycles. The first-order valence-corrected chi connectivity index (χ1v) is 5.65. The topological polar surface area (TPSA) is 20.2 Å². The molecule has 82 valence electrons. The van der Waals surface area contributed by atoms with Gasteiger partial charge in [0.1, 0.15) is 6.10 Å². The molecule has 0 bridgehead atoms.